The Hall–Kier alpha value is -2.28. The quantitative estimate of drug-likeness (QED) is 0.813. The first-order valence-corrected chi connectivity index (χ1v) is 7.51. The predicted molar refractivity (Wildman–Crippen MR) is 86.9 cm³/mol. The molecule has 0 aromatic heterocycles. The minimum absolute atomic E-state index is 0.150. The maximum atomic E-state index is 12.2. The SMILES string of the molecule is COc1ccc(NC(=O)CC(=O)N2CCN(C)CC2)c(OC)c1. The summed E-state index contributed by atoms with van der Waals surface area (Å²) in [5, 5.41) is 2.71. The van der Waals surface area contributed by atoms with E-state index in [1.807, 2.05) is 7.05 Å². The third-order valence-corrected chi connectivity index (χ3v) is 3.85. The largest absolute Gasteiger partial charge is 0.497 e. The third kappa shape index (κ3) is 4.59. The molecule has 1 heterocycles. The Kier molecular flexibility index (Phi) is 5.81. The van der Waals surface area contributed by atoms with Gasteiger partial charge in [0.05, 0.1) is 19.9 Å². The number of nitrogens with one attached hydrogen (secondary N) is 1. The van der Waals surface area contributed by atoms with Crippen LogP contribution in [0.5, 0.6) is 11.5 Å². The molecule has 2 amide bonds. The Morgan fingerprint density at radius 3 is 2.43 bits per heavy atom. The number of benzene rings is 1. The number of ether oxygens (including phenoxy) is 2. The molecule has 1 aliphatic rings. The second-order valence-electron chi connectivity index (χ2n) is 5.48. The van der Waals surface area contributed by atoms with E-state index in [0.29, 0.717) is 30.3 Å². The van der Waals surface area contributed by atoms with Gasteiger partial charge >= 0.3 is 0 Å². The number of hydrogen-bond donors (Lipinski definition) is 1. The van der Waals surface area contributed by atoms with Gasteiger partial charge < -0.3 is 24.6 Å². The van der Waals surface area contributed by atoms with Crippen molar-refractivity contribution in [3.05, 3.63) is 18.2 Å². The Bertz CT molecular complexity index is 568. The Balaban J connectivity index is 1.93. The molecule has 1 saturated heterocycles. The summed E-state index contributed by atoms with van der Waals surface area (Å²) in [7, 11) is 5.09. The molecule has 0 aliphatic carbocycles. The van der Waals surface area contributed by atoms with Crippen LogP contribution in [0.1, 0.15) is 6.42 Å². The minimum Gasteiger partial charge on any atom is -0.497 e. The highest BCUT2D eigenvalue weighted by Gasteiger charge is 2.21. The van der Waals surface area contributed by atoms with E-state index in [2.05, 4.69) is 10.2 Å². The number of hydrogen-bond acceptors (Lipinski definition) is 5. The van der Waals surface area contributed by atoms with E-state index < -0.39 is 0 Å². The lowest BCUT2D eigenvalue weighted by molar-refractivity contribution is -0.135. The molecular weight excluding hydrogens is 298 g/mol. The van der Waals surface area contributed by atoms with Gasteiger partial charge in [-0.25, -0.2) is 0 Å². The second-order valence-corrected chi connectivity index (χ2v) is 5.48. The summed E-state index contributed by atoms with van der Waals surface area (Å²) in [5.74, 6) is 0.624. The molecule has 1 aromatic rings. The van der Waals surface area contributed by atoms with Crippen molar-refractivity contribution in [3.8, 4) is 11.5 Å². The molecule has 7 heteroatoms. The van der Waals surface area contributed by atoms with Crippen LogP contribution in [-0.2, 0) is 9.59 Å². The molecule has 0 spiro atoms. The van der Waals surface area contributed by atoms with E-state index in [-0.39, 0.29) is 18.2 Å². The molecule has 23 heavy (non-hydrogen) atoms. The van der Waals surface area contributed by atoms with E-state index >= 15 is 0 Å². The summed E-state index contributed by atoms with van der Waals surface area (Å²) in [6, 6.07) is 5.09. The van der Waals surface area contributed by atoms with E-state index in [9.17, 15) is 9.59 Å². The molecule has 0 saturated carbocycles. The molecule has 2 rings (SSSR count). The number of likely N-dealkylation sites (N-methyl/N-ethyl adjacent to an activating group) is 1. The van der Waals surface area contributed by atoms with Crippen LogP contribution in [0.2, 0.25) is 0 Å². The molecular formula is C16H23N3O4. The van der Waals surface area contributed by atoms with Crippen LogP contribution in [0, 0.1) is 0 Å². The summed E-state index contributed by atoms with van der Waals surface area (Å²) in [6.45, 7) is 2.99. The maximum absolute atomic E-state index is 12.2. The average Bonchev–Trinajstić information content (AvgIpc) is 2.55. The highest BCUT2D eigenvalue weighted by atomic mass is 16.5. The number of methoxy groups -OCH3 is 2. The van der Waals surface area contributed by atoms with Crippen LogP contribution in [0.15, 0.2) is 18.2 Å². The molecule has 1 N–H and O–H groups in total. The number of nitrogens with zero attached hydrogens (tertiary/aromatic N) is 2. The molecule has 0 radical (unpaired) electrons. The van der Waals surface area contributed by atoms with Crippen molar-refractivity contribution >= 4 is 17.5 Å². The first-order valence-electron chi connectivity index (χ1n) is 7.51. The zero-order chi connectivity index (χ0) is 16.8. The van der Waals surface area contributed by atoms with Crippen LogP contribution in [0.4, 0.5) is 5.69 Å². The zero-order valence-corrected chi connectivity index (χ0v) is 13.8. The number of amides is 2. The van der Waals surface area contributed by atoms with Crippen molar-refractivity contribution in [2.45, 2.75) is 6.42 Å². The van der Waals surface area contributed by atoms with Crippen LogP contribution in [0.3, 0.4) is 0 Å². The Labute approximate surface area is 136 Å². The summed E-state index contributed by atoms with van der Waals surface area (Å²) in [4.78, 5) is 28.1. The van der Waals surface area contributed by atoms with Gasteiger partial charge in [0.25, 0.3) is 0 Å². The third-order valence-electron chi connectivity index (χ3n) is 3.85. The van der Waals surface area contributed by atoms with Crippen molar-refractivity contribution in [1.29, 1.82) is 0 Å². The van der Waals surface area contributed by atoms with E-state index in [1.54, 1.807) is 30.2 Å². The van der Waals surface area contributed by atoms with Gasteiger partial charge in [-0.05, 0) is 19.2 Å². The van der Waals surface area contributed by atoms with E-state index in [1.165, 1.54) is 7.11 Å². The van der Waals surface area contributed by atoms with Crippen LogP contribution in [-0.4, -0.2) is 69.1 Å². The van der Waals surface area contributed by atoms with Gasteiger partial charge in [-0.3, -0.25) is 9.59 Å². The van der Waals surface area contributed by atoms with Gasteiger partial charge in [-0.1, -0.05) is 0 Å². The number of carbonyl (C=O) groups is 2. The van der Waals surface area contributed by atoms with Gasteiger partial charge in [0.1, 0.15) is 17.9 Å². The van der Waals surface area contributed by atoms with Crippen molar-refractivity contribution in [2.75, 3.05) is 52.8 Å². The van der Waals surface area contributed by atoms with Crippen molar-refractivity contribution < 1.29 is 19.1 Å². The van der Waals surface area contributed by atoms with Gasteiger partial charge in [0, 0.05) is 32.2 Å². The number of rotatable bonds is 5. The molecule has 0 bridgehead atoms. The monoisotopic (exact) mass is 321 g/mol. The van der Waals surface area contributed by atoms with Gasteiger partial charge in [0.15, 0.2) is 0 Å². The molecule has 7 nitrogen and oxygen atoms in total. The summed E-state index contributed by atoms with van der Waals surface area (Å²) < 4.78 is 10.3. The van der Waals surface area contributed by atoms with Gasteiger partial charge in [-0.2, -0.15) is 0 Å². The fourth-order valence-corrected chi connectivity index (χ4v) is 2.40. The lowest BCUT2D eigenvalue weighted by Crippen LogP contribution is -2.47. The molecule has 1 fully saturated rings. The lowest BCUT2D eigenvalue weighted by atomic mass is 10.2. The topological polar surface area (TPSA) is 71.1 Å². The van der Waals surface area contributed by atoms with Gasteiger partial charge in [-0.15, -0.1) is 0 Å². The maximum Gasteiger partial charge on any atom is 0.233 e. The smallest absolute Gasteiger partial charge is 0.233 e. The Morgan fingerprint density at radius 2 is 1.83 bits per heavy atom. The van der Waals surface area contributed by atoms with E-state index in [4.69, 9.17) is 9.47 Å². The zero-order valence-electron chi connectivity index (χ0n) is 13.8. The molecule has 0 unspecified atom stereocenters. The highest BCUT2D eigenvalue weighted by Crippen LogP contribution is 2.29. The first kappa shape index (κ1) is 17.1. The predicted octanol–water partition coefficient (Wildman–Crippen LogP) is 0.806. The number of piperazine rings is 1. The lowest BCUT2D eigenvalue weighted by Gasteiger charge is -2.32. The standard InChI is InChI=1S/C16H23N3O4/c1-18-6-8-19(9-7-18)16(21)11-15(20)17-13-5-4-12(22-2)10-14(13)23-3/h4-5,10H,6-9,11H2,1-3H3,(H,17,20). The van der Waals surface area contributed by atoms with Crippen LogP contribution in [0.25, 0.3) is 0 Å². The first-order chi connectivity index (χ1) is 11.0. The van der Waals surface area contributed by atoms with Gasteiger partial charge in [0.2, 0.25) is 11.8 Å². The molecule has 126 valence electrons. The van der Waals surface area contributed by atoms with Crippen LogP contribution >= 0.6 is 0 Å². The highest BCUT2D eigenvalue weighted by molar-refractivity contribution is 6.04. The average molecular weight is 321 g/mol. The van der Waals surface area contributed by atoms with Crippen molar-refractivity contribution in [1.82, 2.24) is 9.80 Å². The Morgan fingerprint density at radius 1 is 1.13 bits per heavy atom. The number of anilines is 1. The van der Waals surface area contributed by atoms with Crippen molar-refractivity contribution in [2.24, 2.45) is 0 Å². The normalized spacial score (nSPS) is 15.2. The fraction of sp³-hybridized carbons (Fsp3) is 0.500. The summed E-state index contributed by atoms with van der Waals surface area (Å²) >= 11 is 0. The van der Waals surface area contributed by atoms with E-state index in [0.717, 1.165) is 13.1 Å². The molecule has 0 atom stereocenters. The van der Waals surface area contributed by atoms with Crippen LogP contribution < -0.4 is 14.8 Å². The fourth-order valence-electron chi connectivity index (χ4n) is 2.40. The van der Waals surface area contributed by atoms with Crippen molar-refractivity contribution in [3.63, 3.8) is 0 Å². The minimum atomic E-state index is -0.350. The number of carbonyl (C=O) groups excluding carboxylic acids is 2. The summed E-state index contributed by atoms with van der Waals surface area (Å²) in [6.07, 6.45) is -0.168. The molecule has 1 aromatic carbocycles. The second kappa shape index (κ2) is 7.82. The summed E-state index contributed by atoms with van der Waals surface area (Å²) in [5.41, 5.74) is 0.518. The molecule has 1 aliphatic heterocycles.